The van der Waals surface area contributed by atoms with Gasteiger partial charge in [-0.25, -0.2) is 69.0 Å². The minimum atomic E-state index is -1.07. The molecule has 6 fully saturated rings. The number of carbonyl (C=O) groups excluding carboxylic acids is 8. The molecule has 0 bridgehead atoms. The number of nitrogen functional groups attached to an aromatic ring is 4. The van der Waals surface area contributed by atoms with Gasteiger partial charge in [0.1, 0.15) is 153 Å². The largest absolute Gasteiger partial charge is 0.443 e. The Morgan fingerprint density at radius 2 is 0.680 bits per heavy atom. The number of allylic oxidation sites excluding steroid dienone is 2. The van der Waals surface area contributed by atoms with E-state index in [1.54, 1.807) is 89.2 Å². The summed E-state index contributed by atoms with van der Waals surface area (Å²) in [5.74, 6) is -0.627. The minimum Gasteiger partial charge on any atom is -0.443 e. The third-order valence-electron chi connectivity index (χ3n) is 23.6. The fourth-order valence-electron chi connectivity index (χ4n) is 17.5. The van der Waals surface area contributed by atoms with Crippen LogP contribution in [0.2, 0.25) is 50.5 Å². The lowest BCUT2D eigenvalue weighted by Gasteiger charge is -2.43. The van der Waals surface area contributed by atoms with Crippen LogP contribution < -0.4 is 86.6 Å². The SMILES string of the molecule is C1CCOC1.CC(C)(C)OC(=O)N(C(=O)OC(C)(C)C)c1ncnc(Cl)c1Cl.CC(C)(C)OC(=O)N(C(=O)OC(C)(C)C)c1ncnc(Nc2cc(Cl)c3n(c2=O)C2(CCCCC2)NC3=O)c1Cl.Cl.Nc1cc(Cl)c2n(c1=O)C1(CCCCC1)NC2=O.Nc1ncnc(Cl)c1Cl.Nc1ncnc(NC2=CC(Cl)=C3C(=O)NC4(CCCCC4)N3C2)c1Cl.Nc1ncnc(Nc2cc(Cl)c3n(c2=O)C2(CCCCC2)NC3=O)c1Cl. The molecule has 0 atom stereocenters. The van der Waals surface area contributed by atoms with Gasteiger partial charge >= 0.3 is 24.4 Å². The monoisotopic (exact) mass is 2270 g/mol. The van der Waals surface area contributed by atoms with Crippen LogP contribution in [0.4, 0.5) is 82.8 Å². The maximum atomic E-state index is 13.7. The summed E-state index contributed by atoms with van der Waals surface area (Å²) in [5, 5.41) is 22.0. The summed E-state index contributed by atoms with van der Waals surface area (Å²) in [6.45, 7) is 22.3. The third-order valence-corrected chi connectivity index (χ3v) is 27.4. The summed E-state index contributed by atoms with van der Waals surface area (Å²) in [5.41, 5.74) is 17.1. The number of amides is 8. The molecule has 4 aliphatic carbocycles. The van der Waals surface area contributed by atoms with Gasteiger partial charge in [-0.05, 0) is 223 Å². The Bertz CT molecular complexity index is 6540. The number of nitrogens with zero attached hydrogens (tertiary/aromatic N) is 16. The van der Waals surface area contributed by atoms with E-state index in [9.17, 15) is 52.7 Å². The zero-order chi connectivity index (χ0) is 107. The molecule has 10 aliphatic rings. The van der Waals surface area contributed by atoms with Gasteiger partial charge in [-0.1, -0.05) is 153 Å². The molecule has 0 aromatic carbocycles. The second kappa shape index (κ2) is 47.8. The molecule has 147 heavy (non-hydrogen) atoms. The lowest BCUT2D eigenvalue weighted by Crippen LogP contribution is -2.54. The molecule has 15 N–H and O–H groups in total. The number of nitrogens with one attached hydrogen (secondary N) is 7. The van der Waals surface area contributed by atoms with Crippen molar-refractivity contribution >= 4 is 252 Å². The molecule has 8 aromatic heterocycles. The molecule has 55 heteroatoms. The fourth-order valence-corrected chi connectivity index (χ4v) is 19.7. The first-order valence-corrected chi connectivity index (χ1v) is 50.5. The number of anilines is 11. The van der Waals surface area contributed by atoms with Crippen molar-refractivity contribution in [2.24, 2.45) is 0 Å². The van der Waals surface area contributed by atoms with Crippen molar-refractivity contribution in [3.05, 3.63) is 171 Å². The van der Waals surface area contributed by atoms with Crippen LogP contribution in [0.5, 0.6) is 0 Å². The van der Waals surface area contributed by atoms with Gasteiger partial charge in [0, 0.05) is 18.9 Å². The van der Waals surface area contributed by atoms with Gasteiger partial charge in [0.05, 0.1) is 32.3 Å². The second-order valence-corrected chi connectivity index (χ2v) is 43.3. The second-order valence-electron chi connectivity index (χ2n) is 39.0. The van der Waals surface area contributed by atoms with Gasteiger partial charge in [-0.2, -0.15) is 9.80 Å². The lowest BCUT2D eigenvalue weighted by atomic mass is 9.88. The molecular weight excluding hydrogens is 2160 g/mol. The number of ether oxygens (including phenoxy) is 5. The van der Waals surface area contributed by atoms with Gasteiger partial charge in [-0.3, -0.25) is 47.3 Å². The number of imide groups is 2. The van der Waals surface area contributed by atoms with Crippen molar-refractivity contribution < 1.29 is 62.0 Å². The van der Waals surface area contributed by atoms with Crippen LogP contribution in [0, 0.1) is 0 Å². The number of aromatic nitrogens is 13. The number of rotatable bonds is 8. The van der Waals surface area contributed by atoms with E-state index in [1.165, 1.54) is 70.1 Å². The molecule has 0 unspecified atom stereocenters. The molecule has 43 nitrogen and oxygen atoms in total. The average molecular weight is 2280 g/mol. The van der Waals surface area contributed by atoms with Crippen molar-refractivity contribution in [3.63, 3.8) is 0 Å². The highest BCUT2D eigenvalue weighted by Crippen LogP contribution is 2.47. The Morgan fingerprint density at radius 3 is 1.03 bits per heavy atom. The first-order valence-electron chi connectivity index (χ1n) is 46.4. The Balaban J connectivity index is 0.000000172. The first kappa shape index (κ1) is 116. The fraction of sp³-hybridized carbons (Fsp3) is 0.489. The van der Waals surface area contributed by atoms with Gasteiger partial charge in [0.15, 0.2) is 39.4 Å². The highest BCUT2D eigenvalue weighted by atomic mass is 35.5. The lowest BCUT2D eigenvalue weighted by molar-refractivity contribution is -0.117. The summed E-state index contributed by atoms with van der Waals surface area (Å²) in [6, 6.07) is 4.08. The third kappa shape index (κ3) is 27.2. The molecule has 0 radical (unpaired) electrons. The van der Waals surface area contributed by atoms with Crippen molar-refractivity contribution in [2.45, 2.75) is 269 Å². The molecule has 8 amide bonds. The quantitative estimate of drug-likeness (QED) is 0.0497. The molecule has 8 aromatic rings. The highest BCUT2D eigenvalue weighted by Gasteiger charge is 2.53. The van der Waals surface area contributed by atoms with E-state index in [1.807, 2.05) is 0 Å². The van der Waals surface area contributed by atoms with Gasteiger partial charge in [0.25, 0.3) is 40.3 Å². The Morgan fingerprint density at radius 1 is 0.374 bits per heavy atom. The number of pyridine rings is 3. The molecular formula is C92H111Cl12N27O16. The maximum Gasteiger partial charge on any atom is 0.425 e. The average Bonchev–Trinajstić information content (AvgIpc) is 1.59. The Labute approximate surface area is 905 Å². The number of halogens is 12. The number of carbonyl (C=O) groups is 8. The first-order chi connectivity index (χ1) is 68.5. The van der Waals surface area contributed by atoms with Crippen molar-refractivity contribution in [3.8, 4) is 0 Å². The van der Waals surface area contributed by atoms with Crippen LogP contribution in [-0.4, -0.2) is 164 Å². The van der Waals surface area contributed by atoms with Gasteiger partial charge in [-0.15, -0.1) is 12.4 Å². The van der Waals surface area contributed by atoms with Crippen LogP contribution in [0.3, 0.4) is 0 Å². The zero-order valence-corrected chi connectivity index (χ0v) is 91.1. The Kier molecular flexibility index (Phi) is 37.8. The van der Waals surface area contributed by atoms with E-state index in [2.05, 4.69) is 92.0 Å². The van der Waals surface area contributed by atoms with Gasteiger partial charge in [0.2, 0.25) is 0 Å². The predicted octanol–water partition coefficient (Wildman–Crippen LogP) is 19.4. The minimum absolute atomic E-state index is 0. The summed E-state index contributed by atoms with van der Waals surface area (Å²) in [6.07, 6.45) is 24.1. The molecule has 18 rings (SSSR count). The van der Waals surface area contributed by atoms with Crippen LogP contribution in [-0.2, 0) is 45.5 Å². The molecule has 4 spiro atoms. The highest BCUT2D eigenvalue weighted by molar-refractivity contribution is 6.44. The van der Waals surface area contributed by atoms with E-state index in [0.29, 0.717) is 58.6 Å². The van der Waals surface area contributed by atoms with E-state index in [-0.39, 0.29) is 172 Å². The summed E-state index contributed by atoms with van der Waals surface area (Å²) < 4.78 is 30.5. The van der Waals surface area contributed by atoms with E-state index >= 15 is 0 Å². The molecule has 2 saturated heterocycles. The number of fused-ring (bicyclic) bond motifs is 8. The molecule has 6 aliphatic heterocycles. The van der Waals surface area contributed by atoms with Crippen LogP contribution >= 0.6 is 140 Å². The zero-order valence-electron chi connectivity index (χ0n) is 81.9. The van der Waals surface area contributed by atoms with Crippen LogP contribution in [0.1, 0.15) is 256 Å². The van der Waals surface area contributed by atoms with E-state index in [4.69, 9.17) is 174 Å². The number of nitrogens with two attached hydrogens (primary N) is 4. The molecule has 4 saturated carbocycles. The van der Waals surface area contributed by atoms with E-state index in [0.717, 1.165) is 128 Å². The topological polar surface area (TPSA) is 576 Å². The smallest absolute Gasteiger partial charge is 0.425 e. The standard InChI is InChI=1S/C26H32Cl2N6O6.C16H16Cl2N6O2.C16H18Cl2N6O.C14H19Cl2N3O4.C12H14ClN3O2.C4H3Cl2N3.C4H8O.ClH/c1-24(2,3)39-22(37)33(23(38)40-25(4,5)6)19-16(28)18(29-13-30-19)31-15-12-14(27)17-20(35)32-26(34(17)21(15)36)10-8-7-9-11-26;17-8-6-9(22-13-10(18)12(19)20-7-21-13)15(26)24-11(8)14(25)23-16(24)4-2-1-3-5-16;17-10-6-9(22-14-11(18)13(19)20-8-21-14)7-24-12(10)15(25)23-16(24)4-2-1-3-5-16;1-13(2,3)22-11(20)19(12(21)23-14(4,5)6)10-8(15)9(16)17-7-18-10;13-7-6-8(14)11(18)16-9(7)10(17)15-12(16)4-2-1-3-5-12;5-2-3(6)8-1-9-4(2)7;1-2-4-5-3-1;/h12-13H,7-11H2,1-6H3,(H,32,35)(H,29,30,31);6-7H,1-5H2,(H,23,25)(H3,19,20,21,22);6,8H,1-5,7H2,(H,23,25)(H3,19,20,21,22);7H,1-6H3;6H,1-5,14H2,(H,15,17);1H,(H2,7,8,9);1-4H2;1H. The number of hydrogen-bond donors (Lipinski definition) is 11. The van der Waals surface area contributed by atoms with Crippen molar-refractivity contribution in [1.29, 1.82) is 0 Å². The Hall–Kier alpha value is -11.1. The maximum absolute atomic E-state index is 13.7. The molecule has 794 valence electrons. The van der Waals surface area contributed by atoms with Crippen molar-refractivity contribution in [2.75, 3.05) is 68.4 Å². The normalized spacial score (nSPS) is 17.1. The van der Waals surface area contributed by atoms with E-state index < -0.39 is 75.2 Å². The summed E-state index contributed by atoms with van der Waals surface area (Å²) in [7, 11) is 0. The van der Waals surface area contributed by atoms with Gasteiger partial charge < -0.3 is 88.7 Å². The summed E-state index contributed by atoms with van der Waals surface area (Å²) >= 11 is 66.9. The van der Waals surface area contributed by atoms with Crippen molar-refractivity contribution in [1.82, 2.24) is 89.7 Å². The summed E-state index contributed by atoms with van der Waals surface area (Å²) in [4.78, 5) is 182. The predicted molar refractivity (Wildman–Crippen MR) is 565 cm³/mol. The van der Waals surface area contributed by atoms with Crippen LogP contribution in [0.25, 0.3) is 0 Å². The van der Waals surface area contributed by atoms with Crippen LogP contribution in [0.15, 0.2) is 86.7 Å². The molecule has 14 heterocycles. The number of hydrogen-bond acceptors (Lipinski definition) is 34.